The molecule has 0 unspecified atom stereocenters. The number of hydrogen-bond acceptors (Lipinski definition) is 8. The first-order chi connectivity index (χ1) is 15.6. The van der Waals surface area contributed by atoms with Crippen molar-refractivity contribution in [3.8, 4) is 17.2 Å². The monoisotopic (exact) mass is 453 g/mol. The van der Waals surface area contributed by atoms with Crippen molar-refractivity contribution >= 4 is 17.5 Å². The van der Waals surface area contributed by atoms with Crippen molar-refractivity contribution in [1.29, 1.82) is 5.26 Å². The van der Waals surface area contributed by atoms with Gasteiger partial charge in [-0.2, -0.15) is 5.26 Å². The topological polar surface area (TPSA) is 133 Å². The lowest BCUT2D eigenvalue weighted by Gasteiger charge is -2.45. The van der Waals surface area contributed by atoms with Gasteiger partial charge in [-0.15, -0.1) is 0 Å². The third-order valence-electron chi connectivity index (χ3n) is 5.41. The summed E-state index contributed by atoms with van der Waals surface area (Å²) in [7, 11) is 0. The van der Waals surface area contributed by atoms with E-state index in [1.165, 1.54) is 23.4 Å². The predicted octanol–water partition coefficient (Wildman–Crippen LogP) is 3.33. The van der Waals surface area contributed by atoms with Gasteiger partial charge in [-0.3, -0.25) is 15.1 Å². The molecule has 0 aliphatic carbocycles. The van der Waals surface area contributed by atoms with Gasteiger partial charge in [0, 0.05) is 43.2 Å². The zero-order chi connectivity index (χ0) is 24.3. The normalized spacial score (nSPS) is 18.5. The van der Waals surface area contributed by atoms with Gasteiger partial charge in [0.15, 0.2) is 0 Å². The first-order valence-corrected chi connectivity index (χ1v) is 10.6. The van der Waals surface area contributed by atoms with Crippen LogP contribution < -0.4 is 4.90 Å². The van der Waals surface area contributed by atoms with Gasteiger partial charge in [0.2, 0.25) is 0 Å². The second-order valence-corrected chi connectivity index (χ2v) is 8.96. The summed E-state index contributed by atoms with van der Waals surface area (Å²) in [5.41, 5.74) is 1.05. The number of nitrogens with zero attached hydrogens (tertiary/aromatic N) is 5. The van der Waals surface area contributed by atoms with E-state index in [-0.39, 0.29) is 31.4 Å². The highest BCUT2D eigenvalue weighted by Crippen LogP contribution is 2.37. The van der Waals surface area contributed by atoms with Crippen LogP contribution in [0, 0.1) is 21.4 Å². The molecule has 174 valence electrons. The standard InChI is InChI=1S/C23H27N5O5/c1-15-12-27(18(14-29)13-26(15)22(30)33-23(2,3)4)21-9-16(5-6-20(21)28(31)32)19-11-25-8-7-17(19)10-24/h5-9,11,15,18,29H,12-14H2,1-4H3/t15-,18+/m1/s1. The molecule has 1 aliphatic heterocycles. The minimum Gasteiger partial charge on any atom is -0.444 e. The molecule has 0 saturated carbocycles. The number of carbonyl (C=O) groups excluding carboxylic acids is 1. The zero-order valence-corrected chi connectivity index (χ0v) is 19.1. The molecule has 10 nitrogen and oxygen atoms in total. The fraction of sp³-hybridized carbons (Fsp3) is 0.435. The molecular formula is C23H27N5O5. The molecule has 10 heteroatoms. The zero-order valence-electron chi connectivity index (χ0n) is 19.1. The Hall–Kier alpha value is -3.71. The lowest BCUT2D eigenvalue weighted by Crippen LogP contribution is -2.61. The number of rotatable bonds is 4. The van der Waals surface area contributed by atoms with Crippen LogP contribution in [0.25, 0.3) is 11.1 Å². The van der Waals surface area contributed by atoms with E-state index >= 15 is 0 Å². The van der Waals surface area contributed by atoms with Crippen LogP contribution in [-0.4, -0.2) is 63.4 Å². The summed E-state index contributed by atoms with van der Waals surface area (Å²) >= 11 is 0. The van der Waals surface area contributed by atoms with E-state index in [1.807, 2.05) is 6.92 Å². The van der Waals surface area contributed by atoms with Crippen LogP contribution in [0.2, 0.25) is 0 Å². The summed E-state index contributed by atoms with van der Waals surface area (Å²) in [4.78, 5) is 31.4. The van der Waals surface area contributed by atoms with Crippen molar-refractivity contribution < 1.29 is 19.6 Å². The molecule has 1 saturated heterocycles. The molecule has 1 aliphatic rings. The summed E-state index contributed by atoms with van der Waals surface area (Å²) in [5.74, 6) is 0. The number of hydrogen-bond donors (Lipinski definition) is 1. The highest BCUT2D eigenvalue weighted by Gasteiger charge is 2.38. The molecule has 3 rings (SSSR count). The van der Waals surface area contributed by atoms with E-state index in [4.69, 9.17) is 4.74 Å². The maximum absolute atomic E-state index is 12.7. The van der Waals surface area contributed by atoms with E-state index < -0.39 is 22.7 Å². The largest absolute Gasteiger partial charge is 0.444 e. The van der Waals surface area contributed by atoms with E-state index in [1.54, 1.807) is 43.9 Å². The van der Waals surface area contributed by atoms with E-state index in [0.717, 1.165) is 0 Å². The third-order valence-corrected chi connectivity index (χ3v) is 5.41. The number of carbonyl (C=O) groups is 1. The molecule has 1 N–H and O–H groups in total. The maximum Gasteiger partial charge on any atom is 0.410 e. The number of aliphatic hydroxyl groups is 1. The van der Waals surface area contributed by atoms with Gasteiger partial charge in [0.25, 0.3) is 5.69 Å². The second kappa shape index (κ2) is 9.42. The number of anilines is 1. The molecule has 2 aromatic rings. The van der Waals surface area contributed by atoms with Gasteiger partial charge in [0.1, 0.15) is 11.3 Å². The smallest absolute Gasteiger partial charge is 0.410 e. The van der Waals surface area contributed by atoms with Gasteiger partial charge in [0.05, 0.1) is 29.2 Å². The third kappa shape index (κ3) is 5.21. The van der Waals surface area contributed by atoms with E-state index in [0.29, 0.717) is 22.4 Å². The summed E-state index contributed by atoms with van der Waals surface area (Å²) in [6, 6.07) is 7.39. The SMILES string of the molecule is C[C@@H]1CN(c2cc(-c3cnccc3C#N)ccc2[N+](=O)[O-])[C@H](CO)CN1C(=O)OC(C)(C)C. The summed E-state index contributed by atoms with van der Waals surface area (Å²) in [6.45, 7) is 7.24. The number of aliphatic hydroxyl groups excluding tert-OH is 1. The fourth-order valence-corrected chi connectivity index (χ4v) is 3.86. The molecule has 2 atom stereocenters. The Morgan fingerprint density at radius 1 is 1.36 bits per heavy atom. The maximum atomic E-state index is 12.7. The lowest BCUT2D eigenvalue weighted by atomic mass is 9.99. The molecule has 1 fully saturated rings. The van der Waals surface area contributed by atoms with Crippen molar-refractivity contribution in [2.75, 3.05) is 24.6 Å². The second-order valence-electron chi connectivity index (χ2n) is 8.96. The number of nitriles is 1. The average molecular weight is 453 g/mol. The number of nitro benzene ring substituents is 1. The minimum absolute atomic E-state index is 0.127. The van der Waals surface area contributed by atoms with Crippen LogP contribution in [0.5, 0.6) is 0 Å². The molecule has 0 spiro atoms. The summed E-state index contributed by atoms with van der Waals surface area (Å²) < 4.78 is 5.49. The van der Waals surface area contributed by atoms with Crippen LogP contribution in [0.1, 0.15) is 33.3 Å². The van der Waals surface area contributed by atoms with Crippen molar-refractivity contribution in [3.63, 3.8) is 0 Å². The van der Waals surface area contributed by atoms with Gasteiger partial charge in [-0.05, 0) is 51.5 Å². The number of amides is 1. The molecule has 1 aromatic carbocycles. The van der Waals surface area contributed by atoms with Gasteiger partial charge in [-0.25, -0.2) is 4.79 Å². The van der Waals surface area contributed by atoms with Gasteiger partial charge < -0.3 is 19.6 Å². The van der Waals surface area contributed by atoms with Gasteiger partial charge >= 0.3 is 6.09 Å². The Bertz CT molecular complexity index is 1090. The van der Waals surface area contributed by atoms with Crippen molar-refractivity contribution in [2.45, 2.75) is 45.4 Å². The molecule has 2 heterocycles. The van der Waals surface area contributed by atoms with Crippen molar-refractivity contribution in [3.05, 3.63) is 52.3 Å². The highest BCUT2D eigenvalue weighted by atomic mass is 16.6. The van der Waals surface area contributed by atoms with Crippen LogP contribution >= 0.6 is 0 Å². The molecular weight excluding hydrogens is 426 g/mol. The number of benzene rings is 1. The van der Waals surface area contributed by atoms with Crippen LogP contribution in [0.4, 0.5) is 16.2 Å². The van der Waals surface area contributed by atoms with Crippen molar-refractivity contribution in [2.24, 2.45) is 0 Å². The first-order valence-electron chi connectivity index (χ1n) is 10.6. The van der Waals surface area contributed by atoms with Crippen LogP contribution in [0.15, 0.2) is 36.7 Å². The van der Waals surface area contributed by atoms with E-state index in [9.17, 15) is 25.3 Å². The Morgan fingerprint density at radius 2 is 2.09 bits per heavy atom. The molecule has 1 amide bonds. The number of pyridine rings is 1. The fourth-order valence-electron chi connectivity index (χ4n) is 3.86. The quantitative estimate of drug-likeness (QED) is 0.550. The number of aromatic nitrogens is 1. The summed E-state index contributed by atoms with van der Waals surface area (Å²) in [5, 5.41) is 31.3. The highest BCUT2D eigenvalue weighted by molar-refractivity contribution is 5.78. The Labute approximate surface area is 192 Å². The number of ether oxygens (including phenoxy) is 1. The molecule has 33 heavy (non-hydrogen) atoms. The van der Waals surface area contributed by atoms with E-state index in [2.05, 4.69) is 11.1 Å². The lowest BCUT2D eigenvalue weighted by molar-refractivity contribution is -0.384. The first kappa shape index (κ1) is 23.9. The average Bonchev–Trinajstić information content (AvgIpc) is 2.77. The van der Waals surface area contributed by atoms with Gasteiger partial charge in [-0.1, -0.05) is 0 Å². The molecule has 0 bridgehead atoms. The predicted molar refractivity (Wildman–Crippen MR) is 122 cm³/mol. The van der Waals surface area contributed by atoms with Crippen molar-refractivity contribution in [1.82, 2.24) is 9.88 Å². The number of nitro groups is 1. The molecule has 0 radical (unpaired) electrons. The van der Waals surface area contributed by atoms with Crippen LogP contribution in [0.3, 0.4) is 0 Å². The Balaban J connectivity index is 2.01. The van der Waals surface area contributed by atoms with Crippen LogP contribution in [-0.2, 0) is 4.74 Å². The summed E-state index contributed by atoms with van der Waals surface area (Å²) in [6.07, 6.45) is 2.55. The minimum atomic E-state index is -0.669. The number of piperazine rings is 1. The Morgan fingerprint density at radius 3 is 2.70 bits per heavy atom. The Kier molecular flexibility index (Phi) is 6.84. The molecule has 1 aromatic heterocycles.